The van der Waals surface area contributed by atoms with Gasteiger partial charge in [0.1, 0.15) is 0 Å². The van der Waals surface area contributed by atoms with E-state index in [0.717, 1.165) is 11.3 Å². The quantitative estimate of drug-likeness (QED) is 0.452. The second kappa shape index (κ2) is 9.03. The molecule has 2 fully saturated rings. The molecule has 2 atom stereocenters. The van der Waals surface area contributed by atoms with Crippen LogP contribution in [-0.2, 0) is 24.2 Å². The van der Waals surface area contributed by atoms with Crippen molar-refractivity contribution < 1.29 is 27.9 Å². The van der Waals surface area contributed by atoms with E-state index in [1.54, 1.807) is 19.1 Å². The lowest BCUT2D eigenvalue weighted by molar-refractivity contribution is -0.110. The van der Waals surface area contributed by atoms with Crippen LogP contribution in [0.4, 0.5) is 5.13 Å². The van der Waals surface area contributed by atoms with Crippen molar-refractivity contribution in [2.24, 2.45) is 5.16 Å². The Morgan fingerprint density at radius 2 is 2.06 bits per heavy atom. The number of aliphatic hydroxyl groups excluding tert-OH is 1. The number of hydrogen-bond acceptors (Lipinski definition) is 9. The molecule has 1 aromatic heterocycles. The smallest absolute Gasteiger partial charge is 0.280 e. The maximum atomic E-state index is 12.9. The summed E-state index contributed by atoms with van der Waals surface area (Å²) in [6.07, 6.45) is 2.58. The number of aromatic nitrogens is 1. The molecule has 0 bridgehead atoms. The number of aliphatic hydroxyl groups is 1. The molecule has 0 spiro atoms. The fraction of sp³-hybridized carbons (Fsp3) is 0.450. The van der Waals surface area contributed by atoms with E-state index in [1.807, 2.05) is 0 Å². The summed E-state index contributed by atoms with van der Waals surface area (Å²) in [5, 5.41) is 16.4. The average molecular weight is 466 g/mol. The minimum Gasteiger partial charge on any atom is -0.389 e. The fourth-order valence-corrected chi connectivity index (χ4v) is 5.42. The molecule has 11 heteroatoms. The standard InChI is InChI=1S/C20H23N3O6S2/c1-12(24)17-10-21-20(30-17)22-19(25)18(23-29-14-8-9-28-11-14)13-2-4-15(5-3-13)31(26,27)16-6-7-16/h2-5,10,12,14,16,24H,6-9,11H2,1H3,(H,21,22,25)/b23-18+/t12-,14+/m0/s1. The maximum Gasteiger partial charge on any atom is 0.280 e. The summed E-state index contributed by atoms with van der Waals surface area (Å²) in [5.41, 5.74) is 0.412. The number of ether oxygens (including phenoxy) is 1. The van der Waals surface area contributed by atoms with Crippen LogP contribution in [-0.4, -0.2) is 54.7 Å². The Hall–Kier alpha value is -2.34. The Labute approximate surface area is 184 Å². The van der Waals surface area contributed by atoms with Crippen molar-refractivity contribution in [2.75, 3.05) is 18.5 Å². The van der Waals surface area contributed by atoms with Gasteiger partial charge in [-0.25, -0.2) is 13.4 Å². The highest BCUT2D eigenvalue weighted by Crippen LogP contribution is 2.33. The average Bonchev–Trinajstić information content (AvgIpc) is 3.29. The van der Waals surface area contributed by atoms with Crippen LogP contribution in [0.5, 0.6) is 0 Å². The lowest BCUT2D eigenvalue weighted by Crippen LogP contribution is -2.25. The summed E-state index contributed by atoms with van der Waals surface area (Å²) in [6.45, 7) is 2.57. The predicted octanol–water partition coefficient (Wildman–Crippen LogP) is 2.28. The van der Waals surface area contributed by atoms with Crippen LogP contribution in [0, 0.1) is 0 Å². The van der Waals surface area contributed by atoms with Crippen LogP contribution in [0.25, 0.3) is 0 Å². The van der Waals surface area contributed by atoms with Gasteiger partial charge >= 0.3 is 0 Å². The second-order valence-electron chi connectivity index (χ2n) is 7.50. The highest BCUT2D eigenvalue weighted by molar-refractivity contribution is 7.92. The van der Waals surface area contributed by atoms with Crippen molar-refractivity contribution in [3.63, 3.8) is 0 Å². The van der Waals surface area contributed by atoms with Gasteiger partial charge in [-0.05, 0) is 31.9 Å². The Morgan fingerprint density at radius 3 is 2.65 bits per heavy atom. The number of anilines is 1. The third-order valence-electron chi connectivity index (χ3n) is 4.97. The van der Waals surface area contributed by atoms with Gasteiger partial charge in [0.2, 0.25) is 0 Å². The second-order valence-corrected chi connectivity index (χ2v) is 10.8. The van der Waals surface area contributed by atoms with Crippen molar-refractivity contribution >= 4 is 37.9 Å². The van der Waals surface area contributed by atoms with E-state index in [9.17, 15) is 18.3 Å². The van der Waals surface area contributed by atoms with Gasteiger partial charge in [0, 0.05) is 18.2 Å². The SMILES string of the molecule is C[C@H](O)c1cnc(NC(=O)/C(=N/O[C@@H]2CCOC2)c2ccc(S(=O)(=O)C3CC3)cc2)s1. The normalized spacial score (nSPS) is 20.5. The molecule has 166 valence electrons. The Bertz CT molecular complexity index is 1070. The van der Waals surface area contributed by atoms with E-state index < -0.39 is 21.8 Å². The predicted molar refractivity (Wildman–Crippen MR) is 115 cm³/mol. The minimum atomic E-state index is -3.33. The number of carbonyl (C=O) groups is 1. The summed E-state index contributed by atoms with van der Waals surface area (Å²) in [5.74, 6) is -0.553. The van der Waals surface area contributed by atoms with Crippen LogP contribution < -0.4 is 5.32 Å². The van der Waals surface area contributed by atoms with Crippen LogP contribution in [0.2, 0.25) is 0 Å². The van der Waals surface area contributed by atoms with Crippen molar-refractivity contribution in [2.45, 2.75) is 48.5 Å². The molecular formula is C20H23N3O6S2. The summed E-state index contributed by atoms with van der Waals surface area (Å²) in [4.78, 5) is 23.4. The monoisotopic (exact) mass is 465 g/mol. The lowest BCUT2D eigenvalue weighted by Gasteiger charge is -2.10. The lowest BCUT2D eigenvalue weighted by atomic mass is 10.1. The zero-order chi connectivity index (χ0) is 22.0. The maximum absolute atomic E-state index is 12.9. The molecule has 2 heterocycles. The molecule has 0 unspecified atom stereocenters. The number of rotatable bonds is 8. The molecule has 4 rings (SSSR count). The number of benzene rings is 1. The molecule has 2 N–H and O–H groups in total. The number of nitrogens with zero attached hydrogens (tertiary/aromatic N) is 2. The first-order valence-electron chi connectivity index (χ1n) is 9.95. The first-order chi connectivity index (χ1) is 14.8. The minimum absolute atomic E-state index is 0.00364. The van der Waals surface area contributed by atoms with Gasteiger partial charge in [0.05, 0.1) is 34.3 Å². The first kappa shape index (κ1) is 21.9. The van der Waals surface area contributed by atoms with Gasteiger partial charge in [0.25, 0.3) is 5.91 Å². The Morgan fingerprint density at radius 1 is 1.32 bits per heavy atom. The largest absolute Gasteiger partial charge is 0.389 e. The molecule has 1 saturated carbocycles. The molecular weight excluding hydrogens is 442 g/mol. The molecule has 1 saturated heterocycles. The van der Waals surface area contributed by atoms with Crippen LogP contribution in [0.3, 0.4) is 0 Å². The third kappa shape index (κ3) is 5.12. The van der Waals surface area contributed by atoms with Crippen LogP contribution >= 0.6 is 11.3 Å². The number of carbonyl (C=O) groups excluding carboxylic acids is 1. The topological polar surface area (TPSA) is 127 Å². The van der Waals surface area contributed by atoms with E-state index in [0.29, 0.717) is 48.0 Å². The van der Waals surface area contributed by atoms with E-state index in [4.69, 9.17) is 9.57 Å². The van der Waals surface area contributed by atoms with Crippen molar-refractivity contribution in [1.29, 1.82) is 0 Å². The number of sulfone groups is 1. The molecule has 1 aliphatic heterocycles. The van der Waals surface area contributed by atoms with Crippen LogP contribution in [0.15, 0.2) is 40.5 Å². The Kier molecular flexibility index (Phi) is 6.37. The van der Waals surface area contributed by atoms with E-state index in [2.05, 4.69) is 15.5 Å². The van der Waals surface area contributed by atoms with Crippen molar-refractivity contribution in [3.05, 3.63) is 40.9 Å². The molecule has 9 nitrogen and oxygen atoms in total. The van der Waals surface area contributed by atoms with Gasteiger partial charge in [-0.15, -0.1) is 0 Å². The highest BCUT2D eigenvalue weighted by Gasteiger charge is 2.36. The molecule has 31 heavy (non-hydrogen) atoms. The van der Waals surface area contributed by atoms with Gasteiger partial charge in [0.15, 0.2) is 26.8 Å². The summed E-state index contributed by atoms with van der Waals surface area (Å²) in [7, 11) is -3.33. The molecule has 1 aromatic carbocycles. The zero-order valence-corrected chi connectivity index (χ0v) is 18.5. The number of nitrogens with one attached hydrogen (secondary N) is 1. The third-order valence-corrected chi connectivity index (χ3v) is 8.33. The van der Waals surface area contributed by atoms with Gasteiger partial charge in [-0.3, -0.25) is 10.1 Å². The van der Waals surface area contributed by atoms with Gasteiger partial charge in [-0.1, -0.05) is 28.6 Å². The van der Waals surface area contributed by atoms with Crippen molar-refractivity contribution in [3.8, 4) is 0 Å². The van der Waals surface area contributed by atoms with Crippen molar-refractivity contribution in [1.82, 2.24) is 4.98 Å². The van der Waals surface area contributed by atoms with E-state index in [1.165, 1.54) is 18.3 Å². The molecule has 2 aromatic rings. The molecule has 1 aliphatic carbocycles. The van der Waals surface area contributed by atoms with E-state index in [-0.39, 0.29) is 22.0 Å². The Balaban J connectivity index is 1.57. The van der Waals surface area contributed by atoms with Gasteiger partial charge < -0.3 is 14.7 Å². The number of hydrogen-bond donors (Lipinski definition) is 2. The van der Waals surface area contributed by atoms with Crippen LogP contribution in [0.1, 0.15) is 42.7 Å². The summed E-state index contributed by atoms with van der Waals surface area (Å²) >= 11 is 1.15. The number of thiazole rings is 1. The first-order valence-corrected chi connectivity index (χ1v) is 12.3. The molecule has 1 amide bonds. The summed E-state index contributed by atoms with van der Waals surface area (Å²) < 4.78 is 30.1. The number of amides is 1. The fourth-order valence-electron chi connectivity index (χ4n) is 3.02. The van der Waals surface area contributed by atoms with E-state index >= 15 is 0 Å². The number of oxime groups is 1. The highest BCUT2D eigenvalue weighted by atomic mass is 32.2. The summed E-state index contributed by atoms with van der Waals surface area (Å²) in [6, 6.07) is 6.06. The zero-order valence-electron chi connectivity index (χ0n) is 16.9. The molecule has 0 radical (unpaired) electrons. The van der Waals surface area contributed by atoms with Gasteiger partial charge in [-0.2, -0.15) is 0 Å². The molecule has 2 aliphatic rings.